The highest BCUT2D eigenvalue weighted by Crippen LogP contribution is 2.50. The molecule has 3 rings (SSSR count). The molecule has 1 aliphatic rings. The van der Waals surface area contributed by atoms with E-state index in [9.17, 15) is 10.1 Å². The molecule has 23 heavy (non-hydrogen) atoms. The predicted octanol–water partition coefficient (Wildman–Crippen LogP) is 5.90. The Labute approximate surface area is 143 Å². The highest BCUT2D eigenvalue weighted by Gasteiger charge is 2.15. The van der Waals surface area contributed by atoms with Crippen molar-refractivity contribution in [3.8, 4) is 0 Å². The van der Waals surface area contributed by atoms with Gasteiger partial charge in [-0.15, -0.1) is 0 Å². The molecule has 3 nitrogen and oxygen atoms in total. The number of nitrogens with zero attached hydrogens (tertiary/aromatic N) is 1. The molecular weight excluding hydrogens is 326 g/mol. The number of allylic oxidation sites excluding steroid dienone is 4. The lowest BCUT2D eigenvalue weighted by atomic mass is 10.2. The molecule has 114 valence electrons. The van der Waals surface area contributed by atoms with Crippen molar-refractivity contribution < 1.29 is 4.92 Å². The lowest BCUT2D eigenvalue weighted by Gasteiger charge is -1.92. The number of thioether (sulfide) groups is 2. The summed E-state index contributed by atoms with van der Waals surface area (Å²) in [5, 5.41) is 10.6. The first-order chi connectivity index (χ1) is 11.2. The number of fused-ring (bicyclic) bond motifs is 1. The van der Waals surface area contributed by atoms with Gasteiger partial charge in [-0.05, 0) is 35.9 Å². The lowest BCUT2D eigenvalue weighted by molar-refractivity contribution is -0.384. The molecular formula is C18H13NO2S2. The van der Waals surface area contributed by atoms with E-state index in [-0.39, 0.29) is 5.69 Å². The van der Waals surface area contributed by atoms with E-state index in [2.05, 4.69) is 30.3 Å². The zero-order valence-electron chi connectivity index (χ0n) is 12.1. The fraction of sp³-hybridized carbons (Fsp3) is 0. The number of rotatable bonds is 4. The quantitative estimate of drug-likeness (QED) is 0.395. The highest BCUT2D eigenvalue weighted by molar-refractivity contribution is 8.24. The summed E-state index contributed by atoms with van der Waals surface area (Å²) in [5.41, 5.74) is 1.04. The van der Waals surface area contributed by atoms with Gasteiger partial charge in [0.05, 0.1) is 4.92 Å². The zero-order valence-corrected chi connectivity index (χ0v) is 13.7. The van der Waals surface area contributed by atoms with Crippen LogP contribution in [-0.2, 0) is 0 Å². The Kier molecular flexibility index (Phi) is 5.00. The average Bonchev–Trinajstić information content (AvgIpc) is 2.97. The normalized spacial score (nSPS) is 13.7. The van der Waals surface area contributed by atoms with Crippen LogP contribution in [0.15, 0.2) is 86.9 Å². The van der Waals surface area contributed by atoms with Crippen LogP contribution in [0.5, 0.6) is 0 Å². The van der Waals surface area contributed by atoms with Crippen molar-refractivity contribution in [2.24, 2.45) is 0 Å². The van der Waals surface area contributed by atoms with Crippen LogP contribution in [0.3, 0.4) is 0 Å². The van der Waals surface area contributed by atoms with Gasteiger partial charge in [-0.25, -0.2) is 0 Å². The lowest BCUT2D eigenvalue weighted by Crippen LogP contribution is -1.86. The maximum Gasteiger partial charge on any atom is 0.269 e. The van der Waals surface area contributed by atoms with Gasteiger partial charge < -0.3 is 0 Å². The van der Waals surface area contributed by atoms with Crippen LogP contribution < -0.4 is 0 Å². The smallest absolute Gasteiger partial charge is 0.258 e. The van der Waals surface area contributed by atoms with Crippen LogP contribution in [0.25, 0.3) is 6.08 Å². The summed E-state index contributed by atoms with van der Waals surface area (Å²) in [4.78, 5) is 12.8. The minimum Gasteiger partial charge on any atom is -0.258 e. The summed E-state index contributed by atoms with van der Waals surface area (Å²) in [5.74, 6) is 0. The Hall–Kier alpha value is -2.24. The van der Waals surface area contributed by atoms with Gasteiger partial charge in [-0.3, -0.25) is 10.1 Å². The van der Waals surface area contributed by atoms with Gasteiger partial charge >= 0.3 is 0 Å². The first-order valence-electron chi connectivity index (χ1n) is 6.96. The Morgan fingerprint density at radius 2 is 1.52 bits per heavy atom. The second-order valence-corrected chi connectivity index (χ2v) is 7.16. The molecule has 0 amide bonds. The summed E-state index contributed by atoms with van der Waals surface area (Å²) in [7, 11) is 0. The van der Waals surface area contributed by atoms with Gasteiger partial charge in [0.15, 0.2) is 0 Å². The predicted molar refractivity (Wildman–Crippen MR) is 97.5 cm³/mol. The Balaban J connectivity index is 1.57. The third-order valence-corrected chi connectivity index (χ3v) is 5.57. The summed E-state index contributed by atoms with van der Waals surface area (Å²) >= 11 is 3.56. The van der Waals surface area contributed by atoms with Crippen molar-refractivity contribution in [3.05, 3.63) is 92.7 Å². The number of nitro groups is 1. The van der Waals surface area contributed by atoms with E-state index in [1.807, 2.05) is 24.3 Å². The Bertz CT molecular complexity index is 781. The summed E-state index contributed by atoms with van der Waals surface area (Å²) < 4.78 is 1.26. The molecule has 1 aliphatic heterocycles. The van der Waals surface area contributed by atoms with Gasteiger partial charge in [0.25, 0.3) is 5.69 Å². The van der Waals surface area contributed by atoms with Crippen molar-refractivity contribution in [2.45, 2.75) is 9.79 Å². The van der Waals surface area contributed by atoms with Crippen LogP contribution in [0.2, 0.25) is 0 Å². The van der Waals surface area contributed by atoms with E-state index < -0.39 is 4.92 Å². The standard InChI is InChI=1S/C18H13NO2S2/c20-19(21)15-12-10-14(11-13-15)6-2-1-3-9-18-22-16-7-4-5-8-17(16)23-18/h1-13H/b3-1+,6-2+. The Morgan fingerprint density at radius 1 is 0.870 bits per heavy atom. The molecule has 1 heterocycles. The van der Waals surface area contributed by atoms with E-state index in [1.54, 1.807) is 35.7 Å². The third-order valence-electron chi connectivity index (χ3n) is 3.12. The van der Waals surface area contributed by atoms with E-state index in [0.717, 1.165) is 5.56 Å². The molecule has 0 N–H and O–H groups in total. The molecule has 0 saturated heterocycles. The molecule has 0 aromatic heterocycles. The van der Waals surface area contributed by atoms with E-state index in [0.29, 0.717) is 0 Å². The van der Waals surface area contributed by atoms with Crippen molar-refractivity contribution in [2.75, 3.05) is 0 Å². The summed E-state index contributed by atoms with van der Waals surface area (Å²) in [6, 6.07) is 14.9. The molecule has 2 aromatic carbocycles. The molecule has 0 spiro atoms. The van der Waals surface area contributed by atoms with Crippen LogP contribution in [0.4, 0.5) is 5.69 Å². The van der Waals surface area contributed by atoms with Crippen molar-refractivity contribution in [1.82, 2.24) is 0 Å². The number of hydrogen-bond donors (Lipinski definition) is 0. The first kappa shape index (κ1) is 15.6. The Morgan fingerprint density at radius 3 is 2.13 bits per heavy atom. The molecule has 0 bridgehead atoms. The molecule has 5 heteroatoms. The topological polar surface area (TPSA) is 43.1 Å². The van der Waals surface area contributed by atoms with E-state index in [4.69, 9.17) is 0 Å². The minimum absolute atomic E-state index is 0.109. The average molecular weight is 339 g/mol. The van der Waals surface area contributed by atoms with Crippen molar-refractivity contribution in [3.63, 3.8) is 0 Å². The molecule has 2 aromatic rings. The molecule has 0 radical (unpaired) electrons. The van der Waals surface area contributed by atoms with Crippen LogP contribution >= 0.6 is 23.5 Å². The van der Waals surface area contributed by atoms with Crippen LogP contribution in [0.1, 0.15) is 5.56 Å². The largest absolute Gasteiger partial charge is 0.269 e. The summed E-state index contributed by atoms with van der Waals surface area (Å²) in [6.07, 6.45) is 9.90. The molecule has 0 aliphatic carbocycles. The zero-order chi connectivity index (χ0) is 16.1. The summed E-state index contributed by atoms with van der Waals surface area (Å²) in [6.45, 7) is 0. The van der Waals surface area contributed by atoms with Crippen molar-refractivity contribution in [1.29, 1.82) is 0 Å². The van der Waals surface area contributed by atoms with Gasteiger partial charge in [0.1, 0.15) is 0 Å². The fourth-order valence-electron chi connectivity index (χ4n) is 2.00. The maximum atomic E-state index is 10.6. The molecule has 0 unspecified atom stereocenters. The van der Waals surface area contributed by atoms with Gasteiger partial charge in [-0.1, -0.05) is 60.0 Å². The first-order valence-corrected chi connectivity index (χ1v) is 8.60. The van der Waals surface area contributed by atoms with Crippen molar-refractivity contribution >= 4 is 35.3 Å². The van der Waals surface area contributed by atoms with Gasteiger partial charge in [0, 0.05) is 26.2 Å². The second kappa shape index (κ2) is 7.35. The SMILES string of the molecule is O=[N+]([O-])c1ccc(/C=C/C=C/C=C2Sc3ccccc3S2)cc1. The van der Waals surface area contributed by atoms with E-state index in [1.165, 1.54) is 26.2 Å². The number of nitro benzene ring substituents is 1. The van der Waals surface area contributed by atoms with Gasteiger partial charge in [0.2, 0.25) is 0 Å². The van der Waals surface area contributed by atoms with Crippen LogP contribution in [-0.4, -0.2) is 4.92 Å². The number of benzene rings is 2. The maximum absolute atomic E-state index is 10.6. The molecule has 0 fully saturated rings. The van der Waals surface area contributed by atoms with E-state index >= 15 is 0 Å². The highest BCUT2D eigenvalue weighted by atomic mass is 32.2. The second-order valence-electron chi connectivity index (χ2n) is 4.73. The monoisotopic (exact) mass is 339 g/mol. The fourth-order valence-corrected chi connectivity index (χ4v) is 4.31. The molecule has 0 saturated carbocycles. The van der Waals surface area contributed by atoms with Crippen LogP contribution in [0, 0.1) is 10.1 Å². The van der Waals surface area contributed by atoms with Gasteiger partial charge in [-0.2, -0.15) is 0 Å². The number of non-ortho nitro benzene ring substituents is 1. The molecule has 0 atom stereocenters. The number of hydrogen-bond acceptors (Lipinski definition) is 4. The third kappa shape index (κ3) is 4.15. The minimum atomic E-state index is -0.394.